The fourth-order valence-corrected chi connectivity index (χ4v) is 2.15. The SMILES string of the molecule is Cc1cc(C)cc(C(=O)Nc2ccc(C(F)(F)F)cc2N)c1. The van der Waals surface area contributed by atoms with E-state index in [0.717, 1.165) is 29.3 Å². The lowest BCUT2D eigenvalue weighted by atomic mass is 10.1. The first kappa shape index (κ1) is 15.9. The van der Waals surface area contributed by atoms with E-state index in [9.17, 15) is 18.0 Å². The lowest BCUT2D eigenvalue weighted by Crippen LogP contribution is -2.14. The molecule has 0 saturated heterocycles. The van der Waals surface area contributed by atoms with E-state index in [-0.39, 0.29) is 11.4 Å². The molecule has 0 spiro atoms. The molecule has 6 heteroatoms. The number of rotatable bonds is 2. The number of alkyl halides is 3. The van der Waals surface area contributed by atoms with E-state index < -0.39 is 17.6 Å². The van der Waals surface area contributed by atoms with Crippen molar-refractivity contribution in [3.63, 3.8) is 0 Å². The Morgan fingerprint density at radius 2 is 1.64 bits per heavy atom. The molecular formula is C16H15F3N2O. The summed E-state index contributed by atoms with van der Waals surface area (Å²) in [6, 6.07) is 8.15. The molecule has 0 aliphatic rings. The Balaban J connectivity index is 2.25. The fraction of sp³-hybridized carbons (Fsp3) is 0.188. The van der Waals surface area contributed by atoms with E-state index in [2.05, 4.69) is 5.32 Å². The molecule has 3 N–H and O–H groups in total. The first-order valence-electron chi connectivity index (χ1n) is 6.53. The first-order chi connectivity index (χ1) is 10.2. The van der Waals surface area contributed by atoms with Crippen molar-refractivity contribution in [3.05, 3.63) is 58.7 Å². The van der Waals surface area contributed by atoms with Crippen molar-refractivity contribution in [1.29, 1.82) is 0 Å². The monoisotopic (exact) mass is 308 g/mol. The highest BCUT2D eigenvalue weighted by Crippen LogP contribution is 2.32. The summed E-state index contributed by atoms with van der Waals surface area (Å²) in [4.78, 5) is 12.2. The van der Waals surface area contributed by atoms with Gasteiger partial charge in [-0.05, 0) is 44.2 Å². The normalized spacial score (nSPS) is 11.3. The van der Waals surface area contributed by atoms with Crippen molar-refractivity contribution >= 4 is 17.3 Å². The molecule has 0 aliphatic carbocycles. The Morgan fingerprint density at radius 1 is 1.05 bits per heavy atom. The highest BCUT2D eigenvalue weighted by Gasteiger charge is 2.30. The van der Waals surface area contributed by atoms with Gasteiger partial charge in [0.15, 0.2) is 0 Å². The molecule has 2 rings (SSSR count). The van der Waals surface area contributed by atoms with Gasteiger partial charge in [0.25, 0.3) is 5.91 Å². The van der Waals surface area contributed by atoms with Gasteiger partial charge in [-0.2, -0.15) is 13.2 Å². The minimum Gasteiger partial charge on any atom is -0.397 e. The molecule has 0 unspecified atom stereocenters. The average Bonchev–Trinajstić information content (AvgIpc) is 2.38. The van der Waals surface area contributed by atoms with Crippen LogP contribution in [0.5, 0.6) is 0 Å². The maximum atomic E-state index is 12.6. The van der Waals surface area contributed by atoms with Crippen molar-refractivity contribution in [1.82, 2.24) is 0 Å². The molecular weight excluding hydrogens is 293 g/mol. The third-order valence-corrected chi connectivity index (χ3v) is 3.11. The number of halogens is 3. The lowest BCUT2D eigenvalue weighted by Gasteiger charge is -2.12. The van der Waals surface area contributed by atoms with Crippen LogP contribution in [0.2, 0.25) is 0 Å². The zero-order valence-corrected chi connectivity index (χ0v) is 12.1. The van der Waals surface area contributed by atoms with Crippen LogP contribution >= 0.6 is 0 Å². The number of carbonyl (C=O) groups excluding carboxylic acids is 1. The van der Waals surface area contributed by atoms with Crippen molar-refractivity contribution in [2.45, 2.75) is 20.0 Å². The van der Waals surface area contributed by atoms with E-state index in [1.807, 2.05) is 19.9 Å². The topological polar surface area (TPSA) is 55.1 Å². The molecule has 0 bridgehead atoms. The first-order valence-corrected chi connectivity index (χ1v) is 6.53. The second-order valence-electron chi connectivity index (χ2n) is 5.13. The molecule has 0 fully saturated rings. The smallest absolute Gasteiger partial charge is 0.397 e. The van der Waals surface area contributed by atoms with Crippen molar-refractivity contribution in [3.8, 4) is 0 Å². The van der Waals surface area contributed by atoms with E-state index in [4.69, 9.17) is 5.73 Å². The molecule has 0 atom stereocenters. The van der Waals surface area contributed by atoms with E-state index in [0.29, 0.717) is 5.56 Å². The molecule has 3 nitrogen and oxygen atoms in total. The predicted octanol–water partition coefficient (Wildman–Crippen LogP) is 4.16. The Bertz CT molecular complexity index is 704. The minimum atomic E-state index is -4.47. The molecule has 2 aromatic carbocycles. The fourth-order valence-electron chi connectivity index (χ4n) is 2.15. The van der Waals surface area contributed by atoms with Gasteiger partial charge in [-0.3, -0.25) is 4.79 Å². The molecule has 0 saturated carbocycles. The summed E-state index contributed by atoms with van der Waals surface area (Å²) >= 11 is 0. The lowest BCUT2D eigenvalue weighted by molar-refractivity contribution is -0.137. The van der Waals surface area contributed by atoms with Crippen molar-refractivity contribution in [2.75, 3.05) is 11.1 Å². The number of carbonyl (C=O) groups is 1. The maximum Gasteiger partial charge on any atom is 0.416 e. The molecule has 0 radical (unpaired) electrons. The largest absolute Gasteiger partial charge is 0.416 e. The number of hydrogen-bond acceptors (Lipinski definition) is 2. The number of amides is 1. The molecule has 0 aromatic heterocycles. The summed E-state index contributed by atoms with van der Waals surface area (Å²) in [5.74, 6) is -0.418. The van der Waals surface area contributed by atoms with E-state index in [1.165, 1.54) is 0 Å². The van der Waals surface area contributed by atoms with Gasteiger partial charge in [0.2, 0.25) is 0 Å². The standard InChI is InChI=1S/C16H15F3N2O/c1-9-5-10(2)7-11(6-9)15(22)21-14-4-3-12(8-13(14)20)16(17,18)19/h3-8H,20H2,1-2H3,(H,21,22). The summed E-state index contributed by atoms with van der Waals surface area (Å²) in [7, 11) is 0. The van der Waals surface area contributed by atoms with Gasteiger partial charge in [-0.1, -0.05) is 17.2 Å². The molecule has 2 aromatic rings. The van der Waals surface area contributed by atoms with Gasteiger partial charge in [-0.25, -0.2) is 0 Å². The van der Waals surface area contributed by atoms with Crippen LogP contribution in [0.4, 0.5) is 24.5 Å². The number of nitrogens with one attached hydrogen (secondary N) is 1. The molecule has 116 valence electrons. The predicted molar refractivity (Wildman–Crippen MR) is 79.7 cm³/mol. The highest BCUT2D eigenvalue weighted by molar-refractivity contribution is 6.06. The number of hydrogen-bond donors (Lipinski definition) is 2. The maximum absolute atomic E-state index is 12.6. The molecule has 0 aliphatic heterocycles. The minimum absolute atomic E-state index is 0.132. The summed E-state index contributed by atoms with van der Waals surface area (Å²) < 4.78 is 37.7. The number of benzene rings is 2. The van der Waals surface area contributed by atoms with Crippen LogP contribution in [-0.2, 0) is 6.18 Å². The van der Waals surface area contributed by atoms with Crippen LogP contribution in [0, 0.1) is 13.8 Å². The summed E-state index contributed by atoms with van der Waals surface area (Å²) in [5, 5.41) is 2.53. The van der Waals surface area contributed by atoms with Gasteiger partial charge in [0.1, 0.15) is 0 Å². The van der Waals surface area contributed by atoms with Gasteiger partial charge in [0, 0.05) is 5.56 Å². The van der Waals surface area contributed by atoms with E-state index >= 15 is 0 Å². The number of aryl methyl sites for hydroxylation is 2. The molecule has 22 heavy (non-hydrogen) atoms. The van der Waals surface area contributed by atoms with Gasteiger partial charge in [-0.15, -0.1) is 0 Å². The third kappa shape index (κ3) is 3.58. The Hall–Kier alpha value is -2.50. The van der Waals surface area contributed by atoms with Crippen LogP contribution in [0.25, 0.3) is 0 Å². The Labute approximate surface area is 125 Å². The summed E-state index contributed by atoms with van der Waals surface area (Å²) in [6.45, 7) is 3.71. The molecule has 1 amide bonds. The van der Waals surface area contributed by atoms with Crippen LogP contribution in [-0.4, -0.2) is 5.91 Å². The zero-order valence-electron chi connectivity index (χ0n) is 12.1. The van der Waals surface area contributed by atoms with Crippen LogP contribution in [0.15, 0.2) is 36.4 Å². The summed E-state index contributed by atoms with van der Waals surface area (Å²) in [6.07, 6.45) is -4.47. The van der Waals surface area contributed by atoms with Crippen LogP contribution in [0.1, 0.15) is 27.0 Å². The van der Waals surface area contributed by atoms with Gasteiger partial charge < -0.3 is 11.1 Å². The Morgan fingerprint density at radius 3 is 2.14 bits per heavy atom. The second-order valence-corrected chi connectivity index (χ2v) is 5.13. The average molecular weight is 308 g/mol. The van der Waals surface area contributed by atoms with Crippen LogP contribution in [0.3, 0.4) is 0 Å². The zero-order chi connectivity index (χ0) is 16.5. The summed E-state index contributed by atoms with van der Waals surface area (Å²) in [5.41, 5.74) is 7.03. The third-order valence-electron chi connectivity index (χ3n) is 3.11. The number of nitrogen functional groups attached to an aromatic ring is 1. The second kappa shape index (κ2) is 5.71. The van der Waals surface area contributed by atoms with E-state index in [1.54, 1.807) is 12.1 Å². The van der Waals surface area contributed by atoms with Gasteiger partial charge in [0.05, 0.1) is 16.9 Å². The highest BCUT2D eigenvalue weighted by atomic mass is 19.4. The van der Waals surface area contributed by atoms with Crippen molar-refractivity contribution in [2.24, 2.45) is 0 Å². The Kier molecular flexibility index (Phi) is 4.12. The van der Waals surface area contributed by atoms with Crippen LogP contribution < -0.4 is 11.1 Å². The van der Waals surface area contributed by atoms with Crippen molar-refractivity contribution < 1.29 is 18.0 Å². The number of anilines is 2. The van der Waals surface area contributed by atoms with Gasteiger partial charge >= 0.3 is 6.18 Å². The number of nitrogens with two attached hydrogens (primary N) is 1. The molecule has 0 heterocycles. The quantitative estimate of drug-likeness (QED) is 0.819.